The third-order valence-corrected chi connectivity index (χ3v) is 5.86. The fourth-order valence-corrected chi connectivity index (χ4v) is 4.00. The molecular formula is C21H23F2N3O2S. The molecule has 0 saturated carbocycles. The molecule has 0 spiro atoms. The first-order valence-electron chi connectivity index (χ1n) is 9.17. The van der Waals surface area contributed by atoms with Crippen molar-refractivity contribution in [2.24, 2.45) is 0 Å². The van der Waals surface area contributed by atoms with E-state index in [1.807, 2.05) is 43.1 Å². The number of nitrogens with zero attached hydrogens (tertiary/aromatic N) is 3. The SMILES string of the molecule is C[C@H](c1nc2ccccc2s1)N(C)C(=O)CN(C)Cc1ccc(OC(F)F)cc1. The normalized spacial score (nSPS) is 12.5. The number of halogens is 2. The van der Waals surface area contributed by atoms with Crippen molar-refractivity contribution < 1.29 is 18.3 Å². The highest BCUT2D eigenvalue weighted by atomic mass is 32.1. The highest BCUT2D eigenvalue weighted by Gasteiger charge is 2.21. The van der Waals surface area contributed by atoms with Crippen LogP contribution in [0.2, 0.25) is 0 Å². The van der Waals surface area contributed by atoms with Crippen LogP contribution in [0.4, 0.5) is 8.78 Å². The Kier molecular flexibility index (Phi) is 6.76. The van der Waals surface area contributed by atoms with E-state index in [9.17, 15) is 13.6 Å². The zero-order valence-electron chi connectivity index (χ0n) is 16.5. The first-order chi connectivity index (χ1) is 13.8. The van der Waals surface area contributed by atoms with Gasteiger partial charge in [0.25, 0.3) is 0 Å². The zero-order valence-corrected chi connectivity index (χ0v) is 17.3. The van der Waals surface area contributed by atoms with Gasteiger partial charge < -0.3 is 9.64 Å². The molecule has 5 nitrogen and oxygen atoms in total. The van der Waals surface area contributed by atoms with Crippen molar-refractivity contribution in [1.29, 1.82) is 0 Å². The lowest BCUT2D eigenvalue weighted by Crippen LogP contribution is -2.37. The second-order valence-electron chi connectivity index (χ2n) is 6.90. The molecule has 3 rings (SSSR count). The summed E-state index contributed by atoms with van der Waals surface area (Å²) in [6.45, 7) is -0.114. The van der Waals surface area contributed by atoms with E-state index in [2.05, 4.69) is 9.72 Å². The summed E-state index contributed by atoms with van der Waals surface area (Å²) < 4.78 is 29.9. The Balaban J connectivity index is 1.56. The number of rotatable bonds is 8. The molecule has 29 heavy (non-hydrogen) atoms. The van der Waals surface area contributed by atoms with Crippen LogP contribution in [0.5, 0.6) is 5.75 Å². The molecule has 1 atom stereocenters. The summed E-state index contributed by atoms with van der Waals surface area (Å²) in [5.74, 6) is 0.101. The predicted molar refractivity (Wildman–Crippen MR) is 110 cm³/mol. The Hall–Kier alpha value is -2.58. The molecular weight excluding hydrogens is 396 g/mol. The fraction of sp³-hybridized carbons (Fsp3) is 0.333. The van der Waals surface area contributed by atoms with Crippen molar-refractivity contribution in [3.63, 3.8) is 0 Å². The Morgan fingerprint density at radius 1 is 1.14 bits per heavy atom. The van der Waals surface area contributed by atoms with Crippen LogP contribution in [0.15, 0.2) is 48.5 Å². The number of fused-ring (bicyclic) bond motifs is 1. The molecule has 0 saturated heterocycles. The van der Waals surface area contributed by atoms with Gasteiger partial charge in [-0.3, -0.25) is 9.69 Å². The first kappa shape index (κ1) is 21.1. The van der Waals surface area contributed by atoms with Gasteiger partial charge in [-0.2, -0.15) is 8.78 Å². The lowest BCUT2D eigenvalue weighted by Gasteiger charge is -2.26. The Morgan fingerprint density at radius 3 is 2.48 bits per heavy atom. The summed E-state index contributed by atoms with van der Waals surface area (Å²) in [4.78, 5) is 20.9. The van der Waals surface area contributed by atoms with Crippen LogP contribution < -0.4 is 4.74 Å². The molecule has 154 valence electrons. The Bertz CT molecular complexity index is 929. The molecule has 0 fully saturated rings. The number of likely N-dealkylation sites (N-methyl/N-ethyl adjacent to an activating group) is 2. The number of hydrogen-bond donors (Lipinski definition) is 0. The highest BCUT2D eigenvalue weighted by Crippen LogP contribution is 2.28. The molecule has 0 N–H and O–H groups in total. The minimum Gasteiger partial charge on any atom is -0.435 e. The lowest BCUT2D eigenvalue weighted by molar-refractivity contribution is -0.132. The number of aromatic nitrogens is 1. The van der Waals surface area contributed by atoms with E-state index in [4.69, 9.17) is 0 Å². The van der Waals surface area contributed by atoms with Crippen LogP contribution in [-0.2, 0) is 11.3 Å². The second-order valence-corrected chi connectivity index (χ2v) is 7.96. The van der Waals surface area contributed by atoms with Crippen molar-refractivity contribution in [2.75, 3.05) is 20.6 Å². The van der Waals surface area contributed by atoms with Crippen LogP contribution >= 0.6 is 11.3 Å². The van der Waals surface area contributed by atoms with E-state index in [1.54, 1.807) is 35.4 Å². The van der Waals surface area contributed by atoms with Crippen LogP contribution in [0.3, 0.4) is 0 Å². The van der Waals surface area contributed by atoms with E-state index < -0.39 is 6.61 Å². The molecule has 2 aromatic carbocycles. The molecule has 0 bridgehead atoms. The number of thiazole rings is 1. The van der Waals surface area contributed by atoms with Gasteiger partial charge in [-0.15, -0.1) is 11.3 Å². The number of hydrogen-bond acceptors (Lipinski definition) is 5. The largest absolute Gasteiger partial charge is 0.435 e. The molecule has 0 aliphatic heterocycles. The van der Waals surface area contributed by atoms with Crippen molar-refractivity contribution >= 4 is 27.5 Å². The van der Waals surface area contributed by atoms with Gasteiger partial charge in [0.05, 0.1) is 22.8 Å². The average molecular weight is 419 g/mol. The molecule has 0 aliphatic rings. The van der Waals surface area contributed by atoms with Crippen LogP contribution in [0.1, 0.15) is 23.5 Å². The molecule has 3 aromatic rings. The van der Waals surface area contributed by atoms with Crippen molar-refractivity contribution in [3.8, 4) is 5.75 Å². The minimum absolute atomic E-state index is 0.0168. The fourth-order valence-electron chi connectivity index (χ4n) is 2.94. The molecule has 8 heteroatoms. The van der Waals surface area contributed by atoms with Crippen LogP contribution in [0.25, 0.3) is 10.2 Å². The number of alkyl halides is 2. The third kappa shape index (κ3) is 5.48. The van der Waals surface area contributed by atoms with E-state index in [0.29, 0.717) is 6.54 Å². The van der Waals surface area contributed by atoms with Gasteiger partial charge in [-0.05, 0) is 43.8 Å². The predicted octanol–water partition coefficient (Wildman–Crippen LogP) is 4.55. The quantitative estimate of drug-likeness (QED) is 0.537. The van der Waals surface area contributed by atoms with E-state index >= 15 is 0 Å². The number of para-hydroxylation sites is 1. The summed E-state index contributed by atoms with van der Waals surface area (Å²) in [5, 5.41) is 0.902. The van der Waals surface area contributed by atoms with E-state index in [-0.39, 0.29) is 24.2 Å². The number of benzene rings is 2. The molecule has 0 radical (unpaired) electrons. The number of ether oxygens (including phenoxy) is 1. The van der Waals surface area contributed by atoms with Crippen molar-refractivity contribution in [1.82, 2.24) is 14.8 Å². The standard InChI is InChI=1S/C21H23F2N3O2S/c1-14(20-24-17-6-4-5-7-18(17)29-20)26(3)19(27)13-25(2)12-15-8-10-16(11-9-15)28-21(22)23/h4-11,14,21H,12-13H2,1-3H3/t14-/m1/s1. The summed E-state index contributed by atoms with van der Waals surface area (Å²) in [5.41, 5.74) is 1.85. The minimum atomic E-state index is -2.84. The Morgan fingerprint density at radius 2 is 1.83 bits per heavy atom. The molecule has 1 aromatic heterocycles. The van der Waals surface area contributed by atoms with Gasteiger partial charge >= 0.3 is 6.61 Å². The number of carbonyl (C=O) groups excluding carboxylic acids is 1. The van der Waals surface area contributed by atoms with Gasteiger partial charge in [-0.25, -0.2) is 4.98 Å². The monoisotopic (exact) mass is 419 g/mol. The zero-order chi connectivity index (χ0) is 21.0. The van der Waals surface area contributed by atoms with Gasteiger partial charge in [-0.1, -0.05) is 24.3 Å². The number of amides is 1. The number of carbonyl (C=O) groups is 1. The summed E-state index contributed by atoms with van der Waals surface area (Å²) in [7, 11) is 3.63. The van der Waals surface area contributed by atoms with Gasteiger partial charge in [0.15, 0.2) is 0 Å². The highest BCUT2D eigenvalue weighted by molar-refractivity contribution is 7.18. The van der Waals surface area contributed by atoms with Gasteiger partial charge in [0.2, 0.25) is 5.91 Å². The Labute approximate surface area is 172 Å². The van der Waals surface area contributed by atoms with Crippen molar-refractivity contribution in [3.05, 3.63) is 59.1 Å². The summed E-state index contributed by atoms with van der Waals surface area (Å²) >= 11 is 1.59. The molecule has 0 unspecified atom stereocenters. The average Bonchev–Trinajstić information content (AvgIpc) is 3.12. The molecule has 1 heterocycles. The maximum atomic E-state index is 12.7. The maximum absolute atomic E-state index is 12.7. The van der Waals surface area contributed by atoms with E-state index in [0.717, 1.165) is 20.8 Å². The third-order valence-electron chi connectivity index (χ3n) is 4.65. The van der Waals surface area contributed by atoms with E-state index in [1.165, 1.54) is 12.1 Å². The van der Waals surface area contributed by atoms with Gasteiger partial charge in [0, 0.05) is 13.6 Å². The lowest BCUT2D eigenvalue weighted by atomic mass is 10.2. The molecule has 1 amide bonds. The summed E-state index contributed by atoms with van der Waals surface area (Å²) in [6, 6.07) is 14.2. The topological polar surface area (TPSA) is 45.7 Å². The van der Waals surface area contributed by atoms with Gasteiger partial charge in [0.1, 0.15) is 10.8 Å². The molecule has 0 aliphatic carbocycles. The van der Waals surface area contributed by atoms with Crippen LogP contribution in [-0.4, -0.2) is 47.9 Å². The van der Waals surface area contributed by atoms with Crippen LogP contribution in [0, 0.1) is 0 Å². The first-order valence-corrected chi connectivity index (χ1v) is 9.98. The summed E-state index contributed by atoms with van der Waals surface area (Å²) in [6.07, 6.45) is 0. The second kappa shape index (κ2) is 9.28. The maximum Gasteiger partial charge on any atom is 0.387 e. The van der Waals surface area contributed by atoms with Crippen molar-refractivity contribution in [2.45, 2.75) is 26.1 Å². The smallest absolute Gasteiger partial charge is 0.387 e.